The number of nitrogens with zero attached hydrogens (tertiary/aromatic N) is 2. The highest BCUT2D eigenvalue weighted by atomic mass is 19.4. The lowest BCUT2D eigenvalue weighted by molar-refractivity contribution is -0.192. The number of nitrogens with two attached hydrogens (primary N) is 1. The van der Waals surface area contributed by atoms with E-state index < -0.39 is 12.1 Å². The predicted molar refractivity (Wildman–Crippen MR) is 110 cm³/mol. The summed E-state index contributed by atoms with van der Waals surface area (Å²) in [5, 5.41) is 13.2. The second-order valence-corrected chi connectivity index (χ2v) is 7.82. The zero-order chi connectivity index (χ0) is 23.7. The highest BCUT2D eigenvalue weighted by Crippen LogP contribution is 2.24. The smallest absolute Gasteiger partial charge is 0.475 e. The molecular formula is C20H28F3N5O4. The Labute approximate surface area is 183 Å². The number of aromatic nitrogens is 1. The molecule has 3 rings (SSSR count). The van der Waals surface area contributed by atoms with E-state index in [4.69, 9.17) is 15.6 Å². The second kappa shape index (κ2) is 11.5. The summed E-state index contributed by atoms with van der Waals surface area (Å²) in [7, 11) is 0. The Hall–Kier alpha value is -3.05. The van der Waals surface area contributed by atoms with E-state index in [0.29, 0.717) is 0 Å². The van der Waals surface area contributed by atoms with E-state index in [1.165, 1.54) is 0 Å². The van der Waals surface area contributed by atoms with Crippen molar-refractivity contribution in [3.05, 3.63) is 24.4 Å². The molecule has 12 heteroatoms. The molecule has 1 aromatic rings. The van der Waals surface area contributed by atoms with Crippen molar-refractivity contribution in [1.29, 1.82) is 0 Å². The molecule has 1 saturated carbocycles. The summed E-state index contributed by atoms with van der Waals surface area (Å²) in [6.07, 6.45) is 1.72. The Morgan fingerprint density at radius 2 is 1.53 bits per heavy atom. The number of rotatable bonds is 4. The molecule has 3 amide bonds. The first-order valence-corrected chi connectivity index (χ1v) is 10.4. The van der Waals surface area contributed by atoms with Gasteiger partial charge in [-0.15, -0.1) is 0 Å². The Bertz CT molecular complexity index is 762. The number of aliphatic carboxylic acids is 1. The number of pyridine rings is 1. The maximum atomic E-state index is 12.2. The van der Waals surface area contributed by atoms with Crippen LogP contribution in [0.1, 0.15) is 38.5 Å². The number of amides is 3. The highest BCUT2D eigenvalue weighted by molar-refractivity contribution is 5.77. The number of carbonyl (C=O) groups is 3. The first kappa shape index (κ1) is 25.2. The normalized spacial score (nSPS) is 21.7. The average Bonchev–Trinajstić information content (AvgIpc) is 2.75. The molecule has 0 atom stereocenters. The van der Waals surface area contributed by atoms with E-state index in [1.54, 1.807) is 6.20 Å². The van der Waals surface area contributed by atoms with Gasteiger partial charge >= 0.3 is 18.2 Å². The maximum absolute atomic E-state index is 12.2. The van der Waals surface area contributed by atoms with Crippen molar-refractivity contribution in [3.8, 4) is 0 Å². The Kier molecular flexibility index (Phi) is 9.09. The monoisotopic (exact) mass is 459 g/mol. The van der Waals surface area contributed by atoms with Gasteiger partial charge in [0.15, 0.2) is 0 Å². The summed E-state index contributed by atoms with van der Waals surface area (Å²) in [4.78, 5) is 38.9. The minimum atomic E-state index is -5.08. The van der Waals surface area contributed by atoms with Crippen LogP contribution < -0.4 is 21.3 Å². The van der Waals surface area contributed by atoms with Crippen molar-refractivity contribution in [2.24, 2.45) is 11.7 Å². The Morgan fingerprint density at radius 1 is 1.00 bits per heavy atom. The molecule has 0 spiro atoms. The average molecular weight is 459 g/mol. The van der Waals surface area contributed by atoms with Crippen LogP contribution in [0.15, 0.2) is 24.4 Å². The van der Waals surface area contributed by atoms with Gasteiger partial charge in [0.05, 0.1) is 0 Å². The van der Waals surface area contributed by atoms with Gasteiger partial charge in [0.2, 0.25) is 5.91 Å². The van der Waals surface area contributed by atoms with E-state index in [1.807, 2.05) is 18.2 Å². The molecule has 0 aromatic carbocycles. The molecule has 2 heterocycles. The van der Waals surface area contributed by atoms with Crippen molar-refractivity contribution < 1.29 is 32.7 Å². The molecule has 32 heavy (non-hydrogen) atoms. The van der Waals surface area contributed by atoms with Crippen molar-refractivity contribution in [2.75, 3.05) is 18.0 Å². The number of carboxylic acids is 1. The second-order valence-electron chi connectivity index (χ2n) is 7.82. The van der Waals surface area contributed by atoms with Gasteiger partial charge in [0.1, 0.15) is 5.82 Å². The lowest BCUT2D eigenvalue weighted by atomic mass is 9.86. The molecule has 1 aliphatic carbocycles. The van der Waals surface area contributed by atoms with Crippen LogP contribution in [0.25, 0.3) is 0 Å². The summed E-state index contributed by atoms with van der Waals surface area (Å²) >= 11 is 0. The molecule has 2 aliphatic rings. The molecule has 9 nitrogen and oxygen atoms in total. The summed E-state index contributed by atoms with van der Waals surface area (Å²) in [6.45, 7) is 1.79. The van der Waals surface area contributed by atoms with E-state index in [0.717, 1.165) is 57.4 Å². The molecule has 1 aliphatic heterocycles. The minimum Gasteiger partial charge on any atom is -0.475 e. The van der Waals surface area contributed by atoms with Gasteiger partial charge in [-0.1, -0.05) is 6.07 Å². The third-order valence-corrected chi connectivity index (χ3v) is 5.51. The lowest BCUT2D eigenvalue weighted by Crippen LogP contribution is -2.51. The van der Waals surface area contributed by atoms with Gasteiger partial charge in [0.25, 0.3) is 0 Å². The van der Waals surface area contributed by atoms with Gasteiger partial charge in [0, 0.05) is 37.3 Å². The number of carboxylic acid groups (broad SMARTS) is 1. The summed E-state index contributed by atoms with van der Waals surface area (Å²) < 4.78 is 31.7. The van der Waals surface area contributed by atoms with Gasteiger partial charge in [-0.05, 0) is 50.7 Å². The first-order valence-electron chi connectivity index (χ1n) is 10.4. The van der Waals surface area contributed by atoms with Crippen molar-refractivity contribution in [2.45, 2.75) is 56.8 Å². The number of carbonyl (C=O) groups excluding carboxylic acids is 2. The molecule has 2 fully saturated rings. The molecular weight excluding hydrogens is 431 g/mol. The molecule has 1 saturated heterocycles. The van der Waals surface area contributed by atoms with Crippen LogP contribution in [-0.4, -0.2) is 59.3 Å². The molecule has 1 aromatic heterocycles. The first-order chi connectivity index (χ1) is 15.1. The van der Waals surface area contributed by atoms with Crippen molar-refractivity contribution in [1.82, 2.24) is 15.6 Å². The van der Waals surface area contributed by atoms with E-state index in [9.17, 15) is 22.8 Å². The van der Waals surface area contributed by atoms with Crippen LogP contribution in [0.2, 0.25) is 0 Å². The van der Waals surface area contributed by atoms with Gasteiger partial charge in [-0.25, -0.2) is 14.6 Å². The third-order valence-electron chi connectivity index (χ3n) is 5.51. The van der Waals surface area contributed by atoms with E-state index >= 15 is 0 Å². The fourth-order valence-corrected chi connectivity index (χ4v) is 3.73. The van der Waals surface area contributed by atoms with Gasteiger partial charge < -0.3 is 26.4 Å². The molecule has 178 valence electrons. The number of primary amides is 1. The predicted octanol–water partition coefficient (Wildman–Crippen LogP) is 2.03. The van der Waals surface area contributed by atoms with Gasteiger partial charge in [-0.2, -0.15) is 13.2 Å². The van der Waals surface area contributed by atoms with Crippen molar-refractivity contribution in [3.63, 3.8) is 0 Å². The number of hydrogen-bond acceptors (Lipinski definition) is 5. The molecule has 0 unspecified atom stereocenters. The topological polar surface area (TPSA) is 138 Å². The summed E-state index contributed by atoms with van der Waals surface area (Å²) in [5.41, 5.74) is 5.34. The van der Waals surface area contributed by atoms with Gasteiger partial charge in [-0.3, -0.25) is 4.79 Å². The number of hydrogen-bond donors (Lipinski definition) is 4. The lowest BCUT2D eigenvalue weighted by Gasteiger charge is -2.34. The molecule has 0 bridgehead atoms. The van der Waals surface area contributed by atoms with Crippen molar-refractivity contribution >= 4 is 23.7 Å². The van der Waals surface area contributed by atoms with Crippen LogP contribution in [0.4, 0.5) is 23.8 Å². The van der Waals surface area contributed by atoms with Crippen LogP contribution in [0, 0.1) is 5.92 Å². The molecule has 5 N–H and O–H groups in total. The zero-order valence-electron chi connectivity index (χ0n) is 17.5. The fourth-order valence-electron chi connectivity index (χ4n) is 3.73. The Balaban J connectivity index is 0.000000451. The Morgan fingerprint density at radius 3 is 1.97 bits per heavy atom. The number of halogens is 3. The number of piperidine rings is 1. The van der Waals surface area contributed by atoms with Crippen LogP contribution in [0.3, 0.4) is 0 Å². The maximum Gasteiger partial charge on any atom is 0.490 e. The number of anilines is 1. The minimum absolute atomic E-state index is 0.0305. The number of nitrogens with one attached hydrogen (secondary N) is 2. The largest absolute Gasteiger partial charge is 0.490 e. The number of urea groups is 1. The zero-order valence-corrected chi connectivity index (χ0v) is 17.5. The highest BCUT2D eigenvalue weighted by Gasteiger charge is 2.38. The van der Waals surface area contributed by atoms with Crippen LogP contribution >= 0.6 is 0 Å². The molecule has 0 radical (unpaired) electrons. The van der Waals surface area contributed by atoms with Crippen LogP contribution in [-0.2, 0) is 9.59 Å². The fraction of sp³-hybridized carbons (Fsp3) is 0.600. The summed E-state index contributed by atoms with van der Waals surface area (Å²) in [5.74, 6) is -2.01. The third kappa shape index (κ3) is 8.23. The SMILES string of the molecule is NC(=O)C1CCC(NC(=O)NC2CCN(c3ccccn3)CC2)CC1.O=C(O)C(F)(F)F. The number of alkyl halides is 3. The van der Waals surface area contributed by atoms with E-state index in [-0.39, 0.29) is 29.9 Å². The van der Waals surface area contributed by atoms with Crippen LogP contribution in [0.5, 0.6) is 0 Å². The quantitative estimate of drug-likeness (QED) is 0.544. The summed E-state index contributed by atoms with van der Waals surface area (Å²) in [6, 6.07) is 6.17. The standard InChI is InChI=1S/C18H27N5O2.C2HF3O2/c19-17(24)13-4-6-14(7-5-13)21-18(25)22-15-8-11-23(12-9-15)16-3-1-2-10-20-16;3-2(4,5)1(6)7/h1-3,10,13-15H,4-9,11-12H2,(H2,19,24)(H2,21,22,25);(H,6,7). The van der Waals surface area contributed by atoms with E-state index in [2.05, 4.69) is 20.5 Å².